The minimum Gasteiger partial charge on any atom is -0.350 e. The predicted molar refractivity (Wildman–Crippen MR) is 64.9 cm³/mol. The van der Waals surface area contributed by atoms with Gasteiger partial charge in [-0.25, -0.2) is 0 Å². The molecule has 3 heteroatoms. The molecule has 0 unspecified atom stereocenters. The average Bonchev–Trinajstić information content (AvgIpc) is 2.17. The molecular weight excluding hydrogens is 188 g/mol. The highest BCUT2D eigenvalue weighted by molar-refractivity contribution is 5.78. The van der Waals surface area contributed by atoms with Crippen molar-refractivity contribution in [2.45, 2.75) is 58.9 Å². The first-order valence-electron chi connectivity index (χ1n) is 6.03. The number of hydrogen-bond donors (Lipinski definition) is 2. The molecule has 0 rings (SSSR count). The van der Waals surface area contributed by atoms with Crippen LogP contribution in [0.1, 0.15) is 53.4 Å². The summed E-state index contributed by atoms with van der Waals surface area (Å²) in [6, 6.07) is 0. The number of hydrogen-bond acceptors (Lipinski definition) is 2. The van der Waals surface area contributed by atoms with Gasteiger partial charge < -0.3 is 10.6 Å². The van der Waals surface area contributed by atoms with Crippen LogP contribution >= 0.6 is 0 Å². The minimum absolute atomic E-state index is 0.0812. The number of unbranched alkanes of at least 4 members (excludes halogenated alkanes) is 2. The van der Waals surface area contributed by atoms with Crippen LogP contribution in [0, 0.1) is 0 Å². The molecule has 0 aliphatic carbocycles. The van der Waals surface area contributed by atoms with Crippen molar-refractivity contribution in [1.82, 2.24) is 10.6 Å². The molecule has 0 bridgehead atoms. The molecule has 0 atom stereocenters. The molecule has 0 aliphatic heterocycles. The summed E-state index contributed by atoms with van der Waals surface area (Å²) in [7, 11) is 0. The number of rotatable bonds is 8. The maximum absolute atomic E-state index is 11.5. The lowest BCUT2D eigenvalue weighted by Gasteiger charge is -2.24. The van der Waals surface area contributed by atoms with Gasteiger partial charge in [-0.15, -0.1) is 0 Å². The van der Waals surface area contributed by atoms with Gasteiger partial charge in [-0.3, -0.25) is 4.79 Å². The SMILES string of the molecule is CCCCCNCC(=O)NC(C)(C)CC. The summed E-state index contributed by atoms with van der Waals surface area (Å²) in [5, 5.41) is 6.15. The van der Waals surface area contributed by atoms with Gasteiger partial charge in [-0.05, 0) is 33.2 Å². The van der Waals surface area contributed by atoms with Crippen LogP contribution in [0.25, 0.3) is 0 Å². The second kappa shape index (κ2) is 7.69. The van der Waals surface area contributed by atoms with Gasteiger partial charge in [0.2, 0.25) is 5.91 Å². The molecular formula is C12H26N2O. The highest BCUT2D eigenvalue weighted by atomic mass is 16.2. The van der Waals surface area contributed by atoms with Crippen molar-refractivity contribution >= 4 is 5.91 Å². The summed E-state index contributed by atoms with van der Waals surface area (Å²) in [4.78, 5) is 11.5. The third kappa shape index (κ3) is 8.43. The summed E-state index contributed by atoms with van der Waals surface area (Å²) in [6.07, 6.45) is 4.56. The molecule has 0 aromatic carbocycles. The van der Waals surface area contributed by atoms with E-state index in [1.165, 1.54) is 12.8 Å². The molecule has 0 aromatic heterocycles. The number of carbonyl (C=O) groups is 1. The molecule has 90 valence electrons. The Labute approximate surface area is 94.0 Å². The highest BCUT2D eigenvalue weighted by Gasteiger charge is 2.16. The monoisotopic (exact) mass is 214 g/mol. The fourth-order valence-electron chi connectivity index (χ4n) is 1.21. The van der Waals surface area contributed by atoms with E-state index < -0.39 is 0 Å². The maximum Gasteiger partial charge on any atom is 0.234 e. The smallest absolute Gasteiger partial charge is 0.234 e. The lowest BCUT2D eigenvalue weighted by atomic mass is 10.0. The molecule has 0 aliphatic rings. The zero-order valence-electron chi connectivity index (χ0n) is 10.7. The van der Waals surface area contributed by atoms with Crippen LogP contribution < -0.4 is 10.6 Å². The van der Waals surface area contributed by atoms with Gasteiger partial charge in [0.05, 0.1) is 6.54 Å². The van der Waals surface area contributed by atoms with E-state index in [-0.39, 0.29) is 11.4 Å². The fourth-order valence-corrected chi connectivity index (χ4v) is 1.21. The molecule has 2 N–H and O–H groups in total. The van der Waals surface area contributed by atoms with Gasteiger partial charge in [0.1, 0.15) is 0 Å². The molecule has 3 nitrogen and oxygen atoms in total. The molecule has 0 spiro atoms. The third-order valence-corrected chi connectivity index (χ3v) is 2.60. The van der Waals surface area contributed by atoms with Crippen molar-refractivity contribution in [3.8, 4) is 0 Å². The van der Waals surface area contributed by atoms with Crippen LogP contribution in [0.15, 0.2) is 0 Å². The van der Waals surface area contributed by atoms with Crippen LogP contribution in [-0.2, 0) is 4.79 Å². The van der Waals surface area contributed by atoms with Crippen LogP contribution in [-0.4, -0.2) is 24.5 Å². The van der Waals surface area contributed by atoms with Crippen molar-refractivity contribution in [1.29, 1.82) is 0 Å². The van der Waals surface area contributed by atoms with E-state index in [9.17, 15) is 4.79 Å². The second-order valence-corrected chi connectivity index (χ2v) is 4.67. The standard InChI is InChI=1S/C12H26N2O/c1-5-7-8-9-13-10-11(15)14-12(3,4)6-2/h13H,5-10H2,1-4H3,(H,14,15). The Balaban J connectivity index is 3.49. The van der Waals surface area contributed by atoms with Crippen LogP contribution in [0.5, 0.6) is 0 Å². The van der Waals surface area contributed by atoms with E-state index in [1.807, 2.05) is 13.8 Å². The number of carbonyl (C=O) groups excluding carboxylic acids is 1. The van der Waals surface area contributed by atoms with Crippen LogP contribution in [0.3, 0.4) is 0 Å². The van der Waals surface area contributed by atoms with Gasteiger partial charge in [-0.2, -0.15) is 0 Å². The van der Waals surface area contributed by atoms with Gasteiger partial charge in [0.15, 0.2) is 0 Å². The van der Waals surface area contributed by atoms with Gasteiger partial charge in [0, 0.05) is 5.54 Å². The molecule has 1 amide bonds. The van der Waals surface area contributed by atoms with E-state index >= 15 is 0 Å². The normalized spacial score (nSPS) is 11.5. The van der Waals surface area contributed by atoms with E-state index in [0.717, 1.165) is 19.4 Å². The van der Waals surface area contributed by atoms with Crippen molar-refractivity contribution in [2.24, 2.45) is 0 Å². The molecule has 15 heavy (non-hydrogen) atoms. The van der Waals surface area contributed by atoms with Crippen molar-refractivity contribution in [3.63, 3.8) is 0 Å². The topological polar surface area (TPSA) is 41.1 Å². The Kier molecular flexibility index (Phi) is 7.39. The Hall–Kier alpha value is -0.570. The summed E-state index contributed by atoms with van der Waals surface area (Å²) < 4.78 is 0. The van der Waals surface area contributed by atoms with Crippen LogP contribution in [0.2, 0.25) is 0 Å². The third-order valence-electron chi connectivity index (χ3n) is 2.60. The quantitative estimate of drug-likeness (QED) is 0.607. The van der Waals surface area contributed by atoms with Gasteiger partial charge in [0.25, 0.3) is 0 Å². The lowest BCUT2D eigenvalue weighted by molar-refractivity contribution is -0.121. The predicted octanol–water partition coefficient (Wildman–Crippen LogP) is 2.07. The lowest BCUT2D eigenvalue weighted by Crippen LogP contribution is -2.46. The zero-order valence-corrected chi connectivity index (χ0v) is 10.7. The molecule has 0 aromatic rings. The molecule has 0 radical (unpaired) electrons. The van der Waals surface area contributed by atoms with Crippen LogP contribution in [0.4, 0.5) is 0 Å². The summed E-state index contributed by atoms with van der Waals surface area (Å²) in [6.45, 7) is 9.72. The summed E-state index contributed by atoms with van der Waals surface area (Å²) >= 11 is 0. The Morgan fingerprint density at radius 2 is 1.87 bits per heavy atom. The second-order valence-electron chi connectivity index (χ2n) is 4.67. The Morgan fingerprint density at radius 3 is 2.40 bits per heavy atom. The van der Waals surface area contributed by atoms with E-state index in [0.29, 0.717) is 6.54 Å². The van der Waals surface area contributed by atoms with Crippen molar-refractivity contribution in [2.75, 3.05) is 13.1 Å². The van der Waals surface area contributed by atoms with E-state index in [4.69, 9.17) is 0 Å². The minimum atomic E-state index is -0.0812. The largest absolute Gasteiger partial charge is 0.350 e. The molecule has 0 heterocycles. The van der Waals surface area contributed by atoms with Crippen molar-refractivity contribution in [3.05, 3.63) is 0 Å². The molecule has 0 saturated carbocycles. The summed E-state index contributed by atoms with van der Waals surface area (Å²) in [5.41, 5.74) is -0.0812. The molecule has 0 saturated heterocycles. The first-order chi connectivity index (χ1) is 7.02. The highest BCUT2D eigenvalue weighted by Crippen LogP contribution is 2.05. The Bertz CT molecular complexity index is 178. The zero-order chi connectivity index (χ0) is 11.7. The van der Waals surface area contributed by atoms with E-state index in [2.05, 4.69) is 24.5 Å². The first kappa shape index (κ1) is 14.4. The average molecular weight is 214 g/mol. The maximum atomic E-state index is 11.5. The van der Waals surface area contributed by atoms with Crippen molar-refractivity contribution < 1.29 is 4.79 Å². The summed E-state index contributed by atoms with van der Waals surface area (Å²) in [5.74, 6) is 0.0957. The number of nitrogens with one attached hydrogen (secondary N) is 2. The fraction of sp³-hybridized carbons (Fsp3) is 0.917. The Morgan fingerprint density at radius 1 is 1.20 bits per heavy atom. The van der Waals surface area contributed by atoms with Gasteiger partial charge >= 0.3 is 0 Å². The first-order valence-corrected chi connectivity index (χ1v) is 6.03. The van der Waals surface area contributed by atoms with E-state index in [1.54, 1.807) is 0 Å². The number of amides is 1. The molecule has 0 fully saturated rings. The van der Waals surface area contributed by atoms with Gasteiger partial charge in [-0.1, -0.05) is 26.7 Å².